The normalized spacial score (nSPS) is 10.7. The summed E-state index contributed by atoms with van der Waals surface area (Å²) in [6, 6.07) is 5.22. The highest BCUT2D eigenvalue weighted by Gasteiger charge is 2.08. The molecule has 0 saturated heterocycles. The first-order valence-corrected chi connectivity index (χ1v) is 5.83. The topological polar surface area (TPSA) is 52.3 Å². The molecule has 1 aromatic carbocycles. The van der Waals surface area contributed by atoms with Gasteiger partial charge in [-0.2, -0.15) is 0 Å². The zero-order chi connectivity index (χ0) is 12.3. The van der Waals surface area contributed by atoms with Gasteiger partial charge in [-0.05, 0) is 18.6 Å². The van der Waals surface area contributed by atoms with Gasteiger partial charge in [0.1, 0.15) is 11.3 Å². The van der Waals surface area contributed by atoms with Gasteiger partial charge in [0, 0.05) is 18.9 Å². The van der Waals surface area contributed by atoms with Gasteiger partial charge >= 0.3 is 5.97 Å². The number of carbonyl (C=O) groups excluding carboxylic acids is 1. The number of benzene rings is 1. The lowest BCUT2D eigenvalue weighted by Crippen LogP contribution is -2.05. The summed E-state index contributed by atoms with van der Waals surface area (Å²) in [6.45, 7) is 3.83. The Balaban J connectivity index is 2.26. The predicted molar refractivity (Wildman–Crippen MR) is 63.9 cm³/mol. The Bertz CT molecular complexity index is 530. The number of hydrogen-bond donors (Lipinski definition) is 0. The zero-order valence-electron chi connectivity index (χ0n) is 10.0. The van der Waals surface area contributed by atoms with Crippen LogP contribution in [-0.4, -0.2) is 11.0 Å². The number of rotatable bonds is 4. The molecule has 90 valence electrons. The van der Waals surface area contributed by atoms with Crippen LogP contribution in [0.15, 0.2) is 22.6 Å². The van der Waals surface area contributed by atoms with Crippen LogP contribution >= 0.6 is 0 Å². The first-order chi connectivity index (χ1) is 8.22. The van der Waals surface area contributed by atoms with Crippen LogP contribution in [0.5, 0.6) is 5.75 Å². The molecule has 0 unspecified atom stereocenters. The molecule has 0 saturated carbocycles. The van der Waals surface area contributed by atoms with E-state index in [9.17, 15) is 4.79 Å². The van der Waals surface area contributed by atoms with Crippen molar-refractivity contribution in [2.75, 3.05) is 0 Å². The predicted octanol–water partition coefficient (Wildman–Crippen LogP) is 3.10. The van der Waals surface area contributed by atoms with E-state index in [-0.39, 0.29) is 5.97 Å². The molecule has 0 aliphatic heterocycles. The number of ether oxygens (including phenoxy) is 1. The maximum Gasteiger partial charge on any atom is 0.310 e. The standard InChI is InChI=1S/C13H15NO3/c1-3-5-12-14-10-8-9(16-13(15)4-2)6-7-11(10)17-12/h6-8H,3-5H2,1-2H3. The van der Waals surface area contributed by atoms with E-state index in [1.807, 2.05) is 0 Å². The van der Waals surface area contributed by atoms with E-state index in [0.717, 1.165) is 29.8 Å². The van der Waals surface area contributed by atoms with Gasteiger partial charge in [-0.1, -0.05) is 13.8 Å². The smallest absolute Gasteiger partial charge is 0.310 e. The molecule has 1 aromatic heterocycles. The van der Waals surface area contributed by atoms with Crippen LogP contribution in [-0.2, 0) is 11.2 Å². The Morgan fingerprint density at radius 1 is 1.41 bits per heavy atom. The molecule has 0 amide bonds. The van der Waals surface area contributed by atoms with Gasteiger partial charge in [-0.15, -0.1) is 0 Å². The van der Waals surface area contributed by atoms with E-state index in [4.69, 9.17) is 9.15 Å². The summed E-state index contributed by atoms with van der Waals surface area (Å²) >= 11 is 0. The number of aryl methyl sites for hydroxylation is 1. The highest BCUT2D eigenvalue weighted by atomic mass is 16.5. The Morgan fingerprint density at radius 3 is 2.94 bits per heavy atom. The molecule has 0 fully saturated rings. The Labute approximate surface area is 99.6 Å². The fraction of sp³-hybridized carbons (Fsp3) is 0.385. The third-order valence-electron chi connectivity index (χ3n) is 2.39. The summed E-state index contributed by atoms with van der Waals surface area (Å²) in [5.41, 5.74) is 1.46. The highest BCUT2D eigenvalue weighted by molar-refractivity contribution is 5.77. The minimum absolute atomic E-state index is 0.248. The molecule has 4 heteroatoms. The largest absolute Gasteiger partial charge is 0.441 e. The van der Waals surface area contributed by atoms with E-state index < -0.39 is 0 Å². The highest BCUT2D eigenvalue weighted by Crippen LogP contribution is 2.22. The molecule has 17 heavy (non-hydrogen) atoms. The van der Waals surface area contributed by atoms with Crippen molar-refractivity contribution in [2.24, 2.45) is 0 Å². The van der Waals surface area contributed by atoms with Crippen LogP contribution in [0.1, 0.15) is 32.6 Å². The summed E-state index contributed by atoms with van der Waals surface area (Å²) in [4.78, 5) is 15.5. The Morgan fingerprint density at radius 2 is 2.24 bits per heavy atom. The van der Waals surface area contributed by atoms with Crippen LogP contribution in [0, 0.1) is 0 Å². The number of carbonyl (C=O) groups is 1. The summed E-state index contributed by atoms with van der Waals surface area (Å²) < 4.78 is 10.7. The molecule has 2 aromatic rings. The van der Waals surface area contributed by atoms with E-state index in [1.54, 1.807) is 25.1 Å². The maximum absolute atomic E-state index is 11.2. The van der Waals surface area contributed by atoms with Crippen LogP contribution in [0.3, 0.4) is 0 Å². The molecular weight excluding hydrogens is 218 g/mol. The first-order valence-electron chi connectivity index (χ1n) is 5.83. The summed E-state index contributed by atoms with van der Waals surface area (Å²) in [5, 5.41) is 0. The molecule has 0 aliphatic carbocycles. The van der Waals surface area contributed by atoms with Gasteiger partial charge < -0.3 is 9.15 Å². The quantitative estimate of drug-likeness (QED) is 0.601. The molecular formula is C13H15NO3. The van der Waals surface area contributed by atoms with Crippen LogP contribution < -0.4 is 4.74 Å². The lowest BCUT2D eigenvalue weighted by atomic mass is 10.3. The Kier molecular flexibility index (Phi) is 3.42. The van der Waals surface area contributed by atoms with Crippen molar-refractivity contribution in [1.29, 1.82) is 0 Å². The molecule has 1 heterocycles. The van der Waals surface area contributed by atoms with Crippen molar-refractivity contribution in [3.63, 3.8) is 0 Å². The molecule has 4 nitrogen and oxygen atoms in total. The van der Waals surface area contributed by atoms with Crippen molar-refractivity contribution < 1.29 is 13.9 Å². The zero-order valence-corrected chi connectivity index (χ0v) is 10.0. The van der Waals surface area contributed by atoms with Crippen LogP contribution in [0.2, 0.25) is 0 Å². The second-order valence-corrected chi connectivity index (χ2v) is 3.81. The number of oxazole rings is 1. The second-order valence-electron chi connectivity index (χ2n) is 3.81. The lowest BCUT2D eigenvalue weighted by Gasteiger charge is -2.00. The molecule has 0 spiro atoms. The lowest BCUT2D eigenvalue weighted by molar-refractivity contribution is -0.134. The average molecular weight is 233 g/mol. The molecule has 0 bridgehead atoms. The number of aromatic nitrogens is 1. The van der Waals surface area contributed by atoms with Gasteiger partial charge in [0.15, 0.2) is 11.5 Å². The van der Waals surface area contributed by atoms with Crippen molar-refractivity contribution >= 4 is 17.1 Å². The third-order valence-corrected chi connectivity index (χ3v) is 2.39. The van der Waals surface area contributed by atoms with Gasteiger partial charge in [-0.25, -0.2) is 4.98 Å². The Hall–Kier alpha value is -1.84. The van der Waals surface area contributed by atoms with E-state index >= 15 is 0 Å². The van der Waals surface area contributed by atoms with Gasteiger partial charge in [0.2, 0.25) is 0 Å². The minimum atomic E-state index is -0.248. The van der Waals surface area contributed by atoms with E-state index in [1.165, 1.54) is 0 Å². The van der Waals surface area contributed by atoms with Crippen LogP contribution in [0.25, 0.3) is 11.1 Å². The van der Waals surface area contributed by atoms with Crippen molar-refractivity contribution in [2.45, 2.75) is 33.1 Å². The average Bonchev–Trinajstić information content (AvgIpc) is 2.71. The fourth-order valence-corrected chi connectivity index (χ4v) is 1.54. The first kappa shape index (κ1) is 11.6. The molecule has 0 aliphatic rings. The summed E-state index contributed by atoms with van der Waals surface area (Å²) in [7, 11) is 0. The van der Waals surface area contributed by atoms with Crippen molar-refractivity contribution in [3.05, 3.63) is 24.1 Å². The maximum atomic E-state index is 11.2. The SMILES string of the molecule is CCCc1nc2cc(OC(=O)CC)ccc2o1. The molecule has 0 atom stereocenters. The van der Waals surface area contributed by atoms with Gasteiger partial charge in [0.25, 0.3) is 0 Å². The summed E-state index contributed by atoms with van der Waals surface area (Å²) in [6.07, 6.45) is 2.17. The third kappa shape index (κ3) is 2.64. The second kappa shape index (κ2) is 4.99. The fourth-order valence-electron chi connectivity index (χ4n) is 1.54. The van der Waals surface area contributed by atoms with Crippen molar-refractivity contribution in [3.8, 4) is 5.75 Å². The van der Waals surface area contributed by atoms with Gasteiger partial charge in [-0.3, -0.25) is 4.79 Å². The van der Waals surface area contributed by atoms with Crippen LogP contribution in [0.4, 0.5) is 0 Å². The van der Waals surface area contributed by atoms with Gasteiger partial charge in [0.05, 0.1) is 0 Å². The number of esters is 1. The molecule has 2 rings (SSSR count). The minimum Gasteiger partial charge on any atom is -0.441 e. The number of hydrogen-bond acceptors (Lipinski definition) is 4. The van der Waals surface area contributed by atoms with E-state index in [2.05, 4.69) is 11.9 Å². The number of fused-ring (bicyclic) bond motifs is 1. The van der Waals surface area contributed by atoms with E-state index in [0.29, 0.717) is 12.2 Å². The molecule has 0 radical (unpaired) electrons. The van der Waals surface area contributed by atoms with Crippen molar-refractivity contribution in [1.82, 2.24) is 4.98 Å². The number of nitrogens with zero attached hydrogens (tertiary/aromatic N) is 1. The monoisotopic (exact) mass is 233 g/mol. The molecule has 0 N–H and O–H groups in total. The summed E-state index contributed by atoms with van der Waals surface area (Å²) in [5.74, 6) is 0.990.